The molecule has 92 valence electrons. The Morgan fingerprint density at radius 2 is 1.94 bits per heavy atom. The Balaban J connectivity index is 2.67. The van der Waals surface area contributed by atoms with E-state index < -0.39 is 0 Å². The molecular formula is C12H16N2O2S. The number of nitrogens with one attached hydrogen (secondary N) is 1. The van der Waals surface area contributed by atoms with E-state index in [4.69, 9.17) is 5.73 Å². The summed E-state index contributed by atoms with van der Waals surface area (Å²) in [5.74, 6) is -0.405. The van der Waals surface area contributed by atoms with Gasteiger partial charge in [-0.05, 0) is 30.7 Å². The van der Waals surface area contributed by atoms with Gasteiger partial charge in [0.25, 0.3) is 0 Å². The van der Waals surface area contributed by atoms with Crippen molar-refractivity contribution in [2.45, 2.75) is 30.4 Å². The average molecular weight is 252 g/mol. The van der Waals surface area contributed by atoms with Crippen molar-refractivity contribution in [2.24, 2.45) is 5.73 Å². The number of hydrogen-bond donors (Lipinski definition) is 2. The second-order valence-electron chi connectivity index (χ2n) is 3.62. The van der Waals surface area contributed by atoms with Crippen LogP contribution >= 0.6 is 11.8 Å². The highest BCUT2D eigenvalue weighted by Gasteiger charge is 2.13. The monoisotopic (exact) mass is 252 g/mol. The van der Waals surface area contributed by atoms with Gasteiger partial charge in [0.2, 0.25) is 11.8 Å². The van der Waals surface area contributed by atoms with Crippen molar-refractivity contribution in [3.05, 3.63) is 24.3 Å². The average Bonchev–Trinajstić information content (AvgIpc) is 2.26. The Hall–Kier alpha value is -1.49. The summed E-state index contributed by atoms with van der Waals surface area (Å²) in [6.45, 7) is 3.39. The first-order valence-corrected chi connectivity index (χ1v) is 6.24. The number of hydrogen-bond acceptors (Lipinski definition) is 3. The number of thioether (sulfide) groups is 1. The summed E-state index contributed by atoms with van der Waals surface area (Å²) in [6, 6.07) is 7.33. The first-order valence-electron chi connectivity index (χ1n) is 5.36. The highest BCUT2D eigenvalue weighted by Crippen LogP contribution is 2.26. The van der Waals surface area contributed by atoms with Crippen LogP contribution in [0.15, 0.2) is 29.2 Å². The van der Waals surface area contributed by atoms with Crippen LogP contribution in [-0.2, 0) is 9.59 Å². The van der Waals surface area contributed by atoms with Crippen molar-refractivity contribution in [1.29, 1.82) is 0 Å². The lowest BCUT2D eigenvalue weighted by Crippen LogP contribution is -2.24. The molecule has 5 heteroatoms. The van der Waals surface area contributed by atoms with Gasteiger partial charge in [0, 0.05) is 17.5 Å². The number of amides is 2. The third-order valence-electron chi connectivity index (χ3n) is 2.14. The van der Waals surface area contributed by atoms with Gasteiger partial charge in [-0.15, -0.1) is 11.8 Å². The third kappa shape index (κ3) is 4.48. The molecule has 0 spiro atoms. The molecule has 0 aliphatic heterocycles. The summed E-state index contributed by atoms with van der Waals surface area (Å²) in [6.07, 6.45) is 0.702. The van der Waals surface area contributed by atoms with Crippen molar-refractivity contribution in [3.63, 3.8) is 0 Å². The zero-order valence-corrected chi connectivity index (χ0v) is 10.7. The van der Waals surface area contributed by atoms with E-state index in [-0.39, 0.29) is 17.1 Å². The van der Waals surface area contributed by atoms with Gasteiger partial charge in [0.15, 0.2) is 0 Å². The van der Waals surface area contributed by atoms with E-state index in [1.54, 1.807) is 12.1 Å². The Kier molecular flexibility index (Phi) is 5.03. The number of benzene rings is 1. The minimum atomic E-state index is -0.302. The van der Waals surface area contributed by atoms with E-state index in [1.165, 1.54) is 18.7 Å². The lowest BCUT2D eigenvalue weighted by molar-refractivity contribution is -0.117. The number of rotatable bonds is 5. The molecule has 1 rings (SSSR count). The first-order chi connectivity index (χ1) is 8.02. The molecule has 1 aromatic rings. The van der Waals surface area contributed by atoms with Crippen LogP contribution in [0.4, 0.5) is 5.69 Å². The van der Waals surface area contributed by atoms with Crippen molar-refractivity contribution >= 4 is 29.3 Å². The van der Waals surface area contributed by atoms with Crippen LogP contribution in [-0.4, -0.2) is 17.1 Å². The summed E-state index contributed by atoms with van der Waals surface area (Å²) < 4.78 is 0. The molecule has 0 saturated carbocycles. The van der Waals surface area contributed by atoms with E-state index in [0.717, 1.165) is 10.6 Å². The molecule has 1 aromatic carbocycles. The number of carbonyl (C=O) groups excluding carboxylic acids is 2. The summed E-state index contributed by atoms with van der Waals surface area (Å²) >= 11 is 1.44. The molecule has 0 aliphatic rings. The fourth-order valence-corrected chi connectivity index (χ4v) is 2.23. The summed E-state index contributed by atoms with van der Waals surface area (Å²) in [5.41, 5.74) is 6.02. The molecular weight excluding hydrogens is 236 g/mol. The molecule has 0 aliphatic carbocycles. The van der Waals surface area contributed by atoms with Crippen molar-refractivity contribution < 1.29 is 9.59 Å². The van der Waals surface area contributed by atoms with Gasteiger partial charge < -0.3 is 11.1 Å². The van der Waals surface area contributed by atoms with Crippen molar-refractivity contribution in [2.75, 3.05) is 5.32 Å². The van der Waals surface area contributed by atoms with Crippen molar-refractivity contribution in [3.8, 4) is 0 Å². The Morgan fingerprint density at radius 1 is 1.35 bits per heavy atom. The molecule has 2 amide bonds. The smallest absolute Gasteiger partial charge is 0.230 e. The van der Waals surface area contributed by atoms with Crippen LogP contribution in [0, 0.1) is 0 Å². The van der Waals surface area contributed by atoms with Gasteiger partial charge in [-0.2, -0.15) is 0 Å². The summed E-state index contributed by atoms with van der Waals surface area (Å²) in [4.78, 5) is 22.9. The van der Waals surface area contributed by atoms with Crippen LogP contribution in [0.2, 0.25) is 0 Å². The van der Waals surface area contributed by atoms with E-state index in [2.05, 4.69) is 5.32 Å². The lowest BCUT2D eigenvalue weighted by Gasteiger charge is -2.10. The minimum Gasteiger partial charge on any atom is -0.369 e. The van der Waals surface area contributed by atoms with Crippen LogP contribution in [0.3, 0.4) is 0 Å². The number of nitrogens with two attached hydrogens (primary N) is 1. The molecule has 3 N–H and O–H groups in total. The Labute approximate surface area is 105 Å². The quantitative estimate of drug-likeness (QED) is 0.787. The van der Waals surface area contributed by atoms with Crippen LogP contribution in [0.25, 0.3) is 0 Å². The van der Waals surface area contributed by atoms with Gasteiger partial charge in [-0.3, -0.25) is 9.59 Å². The van der Waals surface area contributed by atoms with Gasteiger partial charge in [-0.25, -0.2) is 0 Å². The molecule has 17 heavy (non-hydrogen) atoms. The second kappa shape index (κ2) is 6.30. The SMILES string of the molecule is CC[C@@H](Sc1ccc(NC(C)=O)cc1)C(N)=O. The number of carbonyl (C=O) groups is 2. The van der Waals surface area contributed by atoms with Crippen LogP contribution < -0.4 is 11.1 Å². The largest absolute Gasteiger partial charge is 0.369 e. The van der Waals surface area contributed by atoms with E-state index in [9.17, 15) is 9.59 Å². The molecule has 0 saturated heterocycles. The Morgan fingerprint density at radius 3 is 2.35 bits per heavy atom. The van der Waals surface area contributed by atoms with Crippen LogP contribution in [0.5, 0.6) is 0 Å². The van der Waals surface area contributed by atoms with Gasteiger partial charge in [-0.1, -0.05) is 6.92 Å². The number of primary amides is 1. The highest BCUT2D eigenvalue weighted by atomic mass is 32.2. The highest BCUT2D eigenvalue weighted by molar-refractivity contribution is 8.00. The molecule has 0 heterocycles. The van der Waals surface area contributed by atoms with E-state index in [0.29, 0.717) is 6.42 Å². The first kappa shape index (κ1) is 13.6. The second-order valence-corrected chi connectivity index (χ2v) is 4.90. The molecule has 4 nitrogen and oxygen atoms in total. The van der Waals surface area contributed by atoms with E-state index >= 15 is 0 Å². The van der Waals surface area contributed by atoms with Gasteiger partial charge >= 0.3 is 0 Å². The molecule has 0 fully saturated rings. The third-order valence-corrected chi connectivity index (χ3v) is 3.54. The molecule has 0 unspecified atom stereocenters. The standard InChI is InChI=1S/C12H16N2O2S/c1-3-11(12(13)16)17-10-6-4-9(5-7-10)14-8(2)15/h4-7,11H,3H2,1-2H3,(H2,13,16)(H,14,15)/t11-/m1/s1. The fraction of sp³-hybridized carbons (Fsp3) is 0.333. The zero-order chi connectivity index (χ0) is 12.8. The van der Waals surface area contributed by atoms with Gasteiger partial charge in [0.05, 0.1) is 5.25 Å². The predicted molar refractivity (Wildman–Crippen MR) is 69.9 cm³/mol. The molecule has 0 aromatic heterocycles. The molecule has 0 radical (unpaired) electrons. The summed E-state index contributed by atoms with van der Waals surface area (Å²) in [7, 11) is 0. The molecule has 1 atom stereocenters. The van der Waals surface area contributed by atoms with Gasteiger partial charge in [0.1, 0.15) is 0 Å². The minimum absolute atomic E-state index is 0.103. The number of anilines is 1. The van der Waals surface area contributed by atoms with Crippen LogP contribution in [0.1, 0.15) is 20.3 Å². The topological polar surface area (TPSA) is 72.2 Å². The Bertz CT molecular complexity index is 403. The fourth-order valence-electron chi connectivity index (χ4n) is 1.33. The maximum atomic E-state index is 11.1. The van der Waals surface area contributed by atoms with Crippen molar-refractivity contribution in [1.82, 2.24) is 0 Å². The normalized spacial score (nSPS) is 11.9. The lowest BCUT2D eigenvalue weighted by atomic mass is 10.3. The zero-order valence-electron chi connectivity index (χ0n) is 9.90. The maximum Gasteiger partial charge on any atom is 0.230 e. The summed E-state index contributed by atoms with van der Waals surface area (Å²) in [5, 5.41) is 2.48. The predicted octanol–water partition coefficient (Wildman–Crippen LogP) is 2.00. The molecule has 0 bridgehead atoms. The maximum absolute atomic E-state index is 11.1. The van der Waals surface area contributed by atoms with E-state index in [1.807, 2.05) is 19.1 Å².